The van der Waals surface area contributed by atoms with Gasteiger partial charge in [0.2, 0.25) is 0 Å². The quantitative estimate of drug-likeness (QED) is 0.832. The monoisotopic (exact) mass is 272 g/mol. The number of rotatable bonds is 2. The Hall–Kier alpha value is -1.23. The molecule has 1 fully saturated rings. The number of hydrogen-bond donors (Lipinski definition) is 1. The number of piperazine rings is 1. The van der Waals surface area contributed by atoms with Crippen molar-refractivity contribution < 1.29 is 13.2 Å². The molecule has 0 bridgehead atoms. The second-order valence-electron chi connectivity index (χ2n) is 5.65. The Morgan fingerprint density at radius 1 is 1.26 bits per heavy atom. The Morgan fingerprint density at radius 2 is 1.95 bits per heavy atom. The van der Waals surface area contributed by atoms with E-state index >= 15 is 0 Å². The minimum atomic E-state index is -1.40. The second kappa shape index (κ2) is 5.04. The Bertz CT molecular complexity index is 474. The molecule has 0 aliphatic carbocycles. The van der Waals surface area contributed by atoms with Crippen LogP contribution in [0.4, 0.5) is 18.9 Å². The van der Waals surface area contributed by atoms with Gasteiger partial charge in [0.15, 0.2) is 17.5 Å². The van der Waals surface area contributed by atoms with Crippen LogP contribution in [0.5, 0.6) is 0 Å². The van der Waals surface area contributed by atoms with Gasteiger partial charge in [-0.3, -0.25) is 0 Å². The highest BCUT2D eigenvalue weighted by Crippen LogP contribution is 2.29. The van der Waals surface area contributed by atoms with Crippen LogP contribution in [-0.4, -0.2) is 24.7 Å². The SMILES string of the molecule is CCC1CNC(C)(C)CN1c1ccc(F)c(F)c1F. The lowest BCUT2D eigenvalue weighted by atomic mass is 9.96. The number of hydrogen-bond acceptors (Lipinski definition) is 2. The maximum atomic E-state index is 13.9. The maximum absolute atomic E-state index is 13.9. The molecule has 5 heteroatoms. The number of nitrogens with one attached hydrogen (secondary N) is 1. The fourth-order valence-corrected chi connectivity index (χ4v) is 2.50. The lowest BCUT2D eigenvalue weighted by molar-refractivity contribution is 0.303. The van der Waals surface area contributed by atoms with Crippen molar-refractivity contribution in [3.05, 3.63) is 29.6 Å². The summed E-state index contributed by atoms with van der Waals surface area (Å²) in [7, 11) is 0. The number of halogens is 3. The maximum Gasteiger partial charge on any atom is 0.196 e. The molecule has 1 atom stereocenters. The predicted molar refractivity (Wildman–Crippen MR) is 69.8 cm³/mol. The molecule has 1 N–H and O–H groups in total. The lowest BCUT2D eigenvalue weighted by Gasteiger charge is -2.45. The second-order valence-corrected chi connectivity index (χ2v) is 5.65. The topological polar surface area (TPSA) is 15.3 Å². The predicted octanol–water partition coefficient (Wildman–Crippen LogP) is 3.07. The largest absolute Gasteiger partial charge is 0.363 e. The van der Waals surface area contributed by atoms with Crippen molar-refractivity contribution in [1.82, 2.24) is 5.32 Å². The van der Waals surface area contributed by atoms with Crippen LogP contribution < -0.4 is 10.2 Å². The summed E-state index contributed by atoms with van der Waals surface area (Å²) in [5.41, 5.74) is -0.0523. The van der Waals surface area contributed by atoms with Crippen molar-refractivity contribution in [3.63, 3.8) is 0 Å². The summed E-state index contributed by atoms with van der Waals surface area (Å²) in [6.07, 6.45) is 0.807. The molecule has 19 heavy (non-hydrogen) atoms. The molecule has 1 aliphatic heterocycles. The Morgan fingerprint density at radius 3 is 2.58 bits per heavy atom. The van der Waals surface area contributed by atoms with Crippen molar-refractivity contribution in [3.8, 4) is 0 Å². The van der Waals surface area contributed by atoms with Gasteiger partial charge in [-0.2, -0.15) is 0 Å². The van der Waals surface area contributed by atoms with Crippen molar-refractivity contribution in [2.75, 3.05) is 18.0 Å². The van der Waals surface area contributed by atoms with E-state index in [4.69, 9.17) is 0 Å². The first-order chi connectivity index (χ1) is 8.85. The Labute approximate surface area is 111 Å². The summed E-state index contributed by atoms with van der Waals surface area (Å²) in [6.45, 7) is 7.25. The number of anilines is 1. The van der Waals surface area contributed by atoms with Gasteiger partial charge in [0.25, 0.3) is 0 Å². The lowest BCUT2D eigenvalue weighted by Crippen LogP contribution is -2.61. The van der Waals surface area contributed by atoms with Crippen molar-refractivity contribution in [2.45, 2.75) is 38.8 Å². The third-order valence-electron chi connectivity index (χ3n) is 3.62. The molecule has 0 saturated carbocycles. The normalized spacial score (nSPS) is 22.6. The molecule has 1 aromatic carbocycles. The minimum Gasteiger partial charge on any atom is -0.363 e. The van der Waals surface area contributed by atoms with Gasteiger partial charge in [0.05, 0.1) is 5.69 Å². The first kappa shape index (κ1) is 14.2. The van der Waals surface area contributed by atoms with Gasteiger partial charge in [-0.05, 0) is 32.4 Å². The van der Waals surface area contributed by atoms with E-state index in [9.17, 15) is 13.2 Å². The first-order valence-corrected chi connectivity index (χ1v) is 6.51. The highest BCUT2D eigenvalue weighted by molar-refractivity contribution is 5.50. The van der Waals surface area contributed by atoms with Crippen LogP contribution >= 0.6 is 0 Å². The molecule has 1 unspecified atom stereocenters. The van der Waals surface area contributed by atoms with Gasteiger partial charge in [0, 0.05) is 24.7 Å². The smallest absolute Gasteiger partial charge is 0.196 e. The molecule has 106 valence electrons. The number of nitrogens with zero attached hydrogens (tertiary/aromatic N) is 1. The van der Waals surface area contributed by atoms with E-state index in [0.717, 1.165) is 12.5 Å². The van der Waals surface area contributed by atoms with Crippen LogP contribution in [0, 0.1) is 17.5 Å². The summed E-state index contributed by atoms with van der Waals surface area (Å²) in [6, 6.07) is 2.38. The van der Waals surface area contributed by atoms with Crippen LogP contribution in [-0.2, 0) is 0 Å². The summed E-state index contributed by atoms with van der Waals surface area (Å²) in [4.78, 5) is 1.83. The zero-order valence-electron chi connectivity index (χ0n) is 11.4. The third kappa shape index (κ3) is 2.71. The highest BCUT2D eigenvalue weighted by Gasteiger charge is 2.33. The van der Waals surface area contributed by atoms with Crippen LogP contribution in [0.1, 0.15) is 27.2 Å². The van der Waals surface area contributed by atoms with E-state index in [0.29, 0.717) is 13.1 Å². The molecule has 1 aromatic rings. The van der Waals surface area contributed by atoms with E-state index in [1.807, 2.05) is 25.7 Å². The third-order valence-corrected chi connectivity index (χ3v) is 3.62. The average Bonchev–Trinajstić information content (AvgIpc) is 2.35. The molecule has 0 spiro atoms. The molecule has 0 amide bonds. The molecule has 0 aromatic heterocycles. The van der Waals surface area contributed by atoms with Crippen LogP contribution in [0.25, 0.3) is 0 Å². The summed E-state index contributed by atoms with van der Waals surface area (Å²) < 4.78 is 40.3. The van der Waals surface area contributed by atoms with E-state index in [2.05, 4.69) is 5.32 Å². The molecular formula is C14H19F3N2. The van der Waals surface area contributed by atoms with Gasteiger partial charge in [0.1, 0.15) is 0 Å². The molecule has 1 saturated heterocycles. The number of benzene rings is 1. The first-order valence-electron chi connectivity index (χ1n) is 6.51. The highest BCUT2D eigenvalue weighted by atomic mass is 19.2. The molecule has 1 heterocycles. The zero-order chi connectivity index (χ0) is 14.2. The van der Waals surface area contributed by atoms with Crippen LogP contribution in [0.2, 0.25) is 0 Å². The average molecular weight is 272 g/mol. The zero-order valence-corrected chi connectivity index (χ0v) is 11.4. The van der Waals surface area contributed by atoms with Crippen LogP contribution in [0.15, 0.2) is 12.1 Å². The summed E-state index contributed by atoms with van der Waals surface area (Å²) >= 11 is 0. The minimum absolute atomic E-state index is 0.0763. The molecular weight excluding hydrogens is 253 g/mol. The Kier molecular flexibility index (Phi) is 3.76. The van der Waals surface area contributed by atoms with E-state index in [-0.39, 0.29) is 17.3 Å². The van der Waals surface area contributed by atoms with Crippen molar-refractivity contribution >= 4 is 5.69 Å². The van der Waals surface area contributed by atoms with Gasteiger partial charge in [-0.25, -0.2) is 13.2 Å². The molecule has 1 aliphatic rings. The standard InChI is InChI=1S/C14H19F3N2/c1-4-9-7-18-14(2,3)8-19(9)11-6-5-10(15)12(16)13(11)17/h5-6,9,18H,4,7-8H2,1-3H3. The van der Waals surface area contributed by atoms with Gasteiger partial charge >= 0.3 is 0 Å². The van der Waals surface area contributed by atoms with Gasteiger partial charge in [-0.1, -0.05) is 6.92 Å². The van der Waals surface area contributed by atoms with Crippen LogP contribution in [0.3, 0.4) is 0 Å². The fraction of sp³-hybridized carbons (Fsp3) is 0.571. The molecule has 2 nitrogen and oxygen atoms in total. The van der Waals surface area contributed by atoms with Crippen molar-refractivity contribution in [1.29, 1.82) is 0 Å². The van der Waals surface area contributed by atoms with Gasteiger partial charge in [-0.15, -0.1) is 0 Å². The summed E-state index contributed by atoms with van der Waals surface area (Å²) in [5, 5.41) is 3.37. The van der Waals surface area contributed by atoms with Crippen molar-refractivity contribution in [2.24, 2.45) is 0 Å². The van der Waals surface area contributed by atoms with E-state index in [1.165, 1.54) is 6.07 Å². The van der Waals surface area contributed by atoms with Gasteiger partial charge < -0.3 is 10.2 Å². The van der Waals surface area contributed by atoms with E-state index in [1.54, 1.807) is 0 Å². The Balaban J connectivity index is 2.40. The fourth-order valence-electron chi connectivity index (χ4n) is 2.50. The summed E-state index contributed by atoms with van der Waals surface area (Å²) in [5.74, 6) is -3.65. The molecule has 0 radical (unpaired) electrons. The molecule has 2 rings (SSSR count). The van der Waals surface area contributed by atoms with E-state index < -0.39 is 17.5 Å².